The zero-order valence-electron chi connectivity index (χ0n) is 14.3. The highest BCUT2D eigenvalue weighted by Crippen LogP contribution is 2.21. The highest BCUT2D eigenvalue weighted by molar-refractivity contribution is 7.89. The summed E-state index contributed by atoms with van der Waals surface area (Å²) in [6.45, 7) is 4.74. The van der Waals surface area contributed by atoms with Crippen LogP contribution in [0.1, 0.15) is 11.3 Å². The lowest BCUT2D eigenvalue weighted by Crippen LogP contribution is -2.42. The number of hydrogen-bond acceptors (Lipinski definition) is 7. The summed E-state index contributed by atoms with van der Waals surface area (Å²) in [6, 6.07) is 6.36. The van der Waals surface area contributed by atoms with Gasteiger partial charge in [0.15, 0.2) is 5.13 Å². The summed E-state index contributed by atoms with van der Waals surface area (Å²) in [5, 5.41) is 2.65. The van der Waals surface area contributed by atoms with Crippen LogP contribution in [-0.2, 0) is 26.0 Å². The number of ether oxygens (including phenoxy) is 1. The predicted molar refractivity (Wildman–Crippen MR) is 98.5 cm³/mol. The zero-order valence-corrected chi connectivity index (χ0v) is 15.9. The van der Waals surface area contributed by atoms with E-state index in [9.17, 15) is 13.2 Å². The number of aryl methyl sites for hydroxylation is 1. The molecule has 3 rings (SSSR count). The maximum atomic E-state index is 12.2. The fraction of sp³-hybridized carbons (Fsp3) is 0.375. The van der Waals surface area contributed by atoms with Crippen molar-refractivity contribution in [3.05, 3.63) is 40.9 Å². The third kappa shape index (κ3) is 4.79. The molecule has 26 heavy (non-hydrogen) atoms. The van der Waals surface area contributed by atoms with Gasteiger partial charge in [-0.15, -0.1) is 16.2 Å². The first-order valence-electron chi connectivity index (χ1n) is 8.08. The Kier molecular flexibility index (Phi) is 5.87. The van der Waals surface area contributed by atoms with E-state index in [0.717, 1.165) is 23.8 Å². The maximum absolute atomic E-state index is 12.2. The number of aromatic nitrogens is 1. The van der Waals surface area contributed by atoms with Gasteiger partial charge in [0.2, 0.25) is 5.91 Å². The second-order valence-corrected chi connectivity index (χ2v) is 8.38. The van der Waals surface area contributed by atoms with Crippen LogP contribution < -0.4 is 15.2 Å². The molecule has 0 bridgehead atoms. The number of carbonyl (C=O) groups is 1. The number of hydrogen-bond donors (Lipinski definition) is 2. The molecular weight excluding hydrogens is 376 g/mol. The summed E-state index contributed by atoms with van der Waals surface area (Å²) >= 11 is 1.46. The van der Waals surface area contributed by atoms with E-state index in [0.29, 0.717) is 18.9 Å². The zero-order chi connectivity index (χ0) is 18.6. The number of rotatable bonds is 6. The number of morpholine rings is 1. The number of hydrazine groups is 1. The molecule has 1 aliphatic rings. The third-order valence-corrected chi connectivity index (χ3v) is 6.03. The summed E-state index contributed by atoms with van der Waals surface area (Å²) in [5.74, 6) is -0.473. The molecule has 0 spiro atoms. The van der Waals surface area contributed by atoms with E-state index in [1.165, 1.54) is 23.5 Å². The van der Waals surface area contributed by atoms with Gasteiger partial charge in [-0.05, 0) is 19.1 Å². The monoisotopic (exact) mass is 396 g/mol. The summed E-state index contributed by atoms with van der Waals surface area (Å²) < 4.78 is 29.6. The van der Waals surface area contributed by atoms with Gasteiger partial charge in [0.25, 0.3) is 10.0 Å². The van der Waals surface area contributed by atoms with Crippen LogP contribution in [-0.4, -0.2) is 45.6 Å². The highest BCUT2D eigenvalue weighted by Gasteiger charge is 2.17. The molecule has 0 saturated carbocycles. The van der Waals surface area contributed by atoms with Crippen molar-refractivity contribution in [2.24, 2.45) is 0 Å². The van der Waals surface area contributed by atoms with Crippen LogP contribution >= 0.6 is 11.3 Å². The van der Waals surface area contributed by atoms with Crippen molar-refractivity contribution in [1.29, 1.82) is 0 Å². The minimum absolute atomic E-state index is 0.00272. The Bertz CT molecular complexity index is 859. The minimum Gasteiger partial charge on any atom is -0.378 e. The average Bonchev–Trinajstić information content (AvgIpc) is 3.10. The average molecular weight is 396 g/mol. The number of anilines is 1. The van der Waals surface area contributed by atoms with Gasteiger partial charge in [0.05, 0.1) is 30.2 Å². The van der Waals surface area contributed by atoms with E-state index in [1.807, 2.05) is 6.92 Å². The Balaban J connectivity index is 1.54. The molecule has 0 radical (unpaired) electrons. The van der Waals surface area contributed by atoms with E-state index >= 15 is 0 Å². The van der Waals surface area contributed by atoms with Crippen LogP contribution in [0.3, 0.4) is 0 Å². The quantitative estimate of drug-likeness (QED) is 0.702. The van der Waals surface area contributed by atoms with Crippen molar-refractivity contribution < 1.29 is 17.9 Å². The van der Waals surface area contributed by atoms with Gasteiger partial charge < -0.3 is 9.64 Å². The van der Waals surface area contributed by atoms with Crippen LogP contribution in [0.2, 0.25) is 0 Å². The molecule has 1 amide bonds. The molecule has 0 unspecified atom stereocenters. The van der Waals surface area contributed by atoms with Crippen molar-refractivity contribution in [2.45, 2.75) is 18.2 Å². The molecule has 2 aromatic rings. The van der Waals surface area contributed by atoms with Gasteiger partial charge in [-0.2, -0.15) is 0 Å². The van der Waals surface area contributed by atoms with E-state index in [4.69, 9.17) is 4.74 Å². The molecule has 0 atom stereocenters. The lowest BCUT2D eigenvalue weighted by molar-refractivity contribution is -0.120. The number of nitrogens with one attached hydrogen (secondary N) is 2. The van der Waals surface area contributed by atoms with Crippen LogP contribution in [0.25, 0.3) is 0 Å². The van der Waals surface area contributed by atoms with Gasteiger partial charge in [-0.1, -0.05) is 17.7 Å². The van der Waals surface area contributed by atoms with Crippen molar-refractivity contribution in [3.63, 3.8) is 0 Å². The molecule has 10 heteroatoms. The first-order valence-corrected chi connectivity index (χ1v) is 10.4. The van der Waals surface area contributed by atoms with Gasteiger partial charge in [0.1, 0.15) is 0 Å². The topological polar surface area (TPSA) is 101 Å². The molecule has 0 aliphatic carbocycles. The van der Waals surface area contributed by atoms with E-state index in [1.54, 1.807) is 17.5 Å². The van der Waals surface area contributed by atoms with Crippen molar-refractivity contribution >= 4 is 32.4 Å². The number of benzene rings is 1. The van der Waals surface area contributed by atoms with Crippen LogP contribution in [0.15, 0.2) is 34.5 Å². The molecule has 1 fully saturated rings. The Hall–Kier alpha value is -2.01. The van der Waals surface area contributed by atoms with Crippen LogP contribution in [0, 0.1) is 6.92 Å². The van der Waals surface area contributed by atoms with Gasteiger partial charge in [0, 0.05) is 18.5 Å². The fourth-order valence-electron chi connectivity index (χ4n) is 2.39. The normalized spacial score (nSPS) is 15.0. The first kappa shape index (κ1) is 18.8. The second-order valence-electron chi connectivity index (χ2n) is 5.86. The van der Waals surface area contributed by atoms with Gasteiger partial charge in [-0.25, -0.2) is 13.4 Å². The van der Waals surface area contributed by atoms with Gasteiger partial charge in [-0.3, -0.25) is 10.2 Å². The molecule has 2 heterocycles. The van der Waals surface area contributed by atoms with E-state index in [-0.39, 0.29) is 11.3 Å². The first-order chi connectivity index (χ1) is 12.4. The molecule has 1 aromatic heterocycles. The Morgan fingerprint density at radius 3 is 2.65 bits per heavy atom. The molecule has 140 valence electrons. The van der Waals surface area contributed by atoms with Gasteiger partial charge >= 0.3 is 0 Å². The SMILES string of the molecule is Cc1ccc(S(=O)(=O)NNC(=O)Cc2csc(N3CCOCC3)n2)cc1. The summed E-state index contributed by atoms with van der Waals surface area (Å²) in [4.78, 5) is 20.8. The lowest BCUT2D eigenvalue weighted by atomic mass is 10.2. The van der Waals surface area contributed by atoms with Crippen LogP contribution in [0.5, 0.6) is 0 Å². The predicted octanol–water partition coefficient (Wildman–Crippen LogP) is 0.840. The molecular formula is C16H20N4O4S2. The van der Waals surface area contributed by atoms with Crippen molar-refractivity contribution in [1.82, 2.24) is 15.2 Å². The number of thiazole rings is 1. The molecule has 1 aromatic carbocycles. The van der Waals surface area contributed by atoms with Crippen molar-refractivity contribution in [2.75, 3.05) is 31.2 Å². The number of carbonyl (C=O) groups excluding carboxylic acids is 1. The summed E-state index contributed by atoms with van der Waals surface area (Å²) in [7, 11) is -3.80. The summed E-state index contributed by atoms with van der Waals surface area (Å²) in [5.41, 5.74) is 3.78. The number of sulfonamides is 1. The van der Waals surface area contributed by atoms with Crippen molar-refractivity contribution in [3.8, 4) is 0 Å². The molecule has 1 saturated heterocycles. The van der Waals surface area contributed by atoms with E-state index in [2.05, 4.69) is 20.1 Å². The smallest absolute Gasteiger partial charge is 0.257 e. The summed E-state index contributed by atoms with van der Waals surface area (Å²) in [6.07, 6.45) is -0.00272. The largest absolute Gasteiger partial charge is 0.378 e. The third-order valence-electron chi connectivity index (χ3n) is 3.82. The number of nitrogens with zero attached hydrogens (tertiary/aromatic N) is 2. The lowest BCUT2D eigenvalue weighted by Gasteiger charge is -2.26. The highest BCUT2D eigenvalue weighted by atomic mass is 32.2. The minimum atomic E-state index is -3.80. The molecule has 2 N–H and O–H groups in total. The fourth-order valence-corrected chi connectivity index (χ4v) is 4.13. The maximum Gasteiger partial charge on any atom is 0.257 e. The Morgan fingerprint density at radius 1 is 1.27 bits per heavy atom. The van der Waals surface area contributed by atoms with Crippen LogP contribution in [0.4, 0.5) is 5.13 Å². The number of amides is 1. The Labute approximate surface area is 156 Å². The molecule has 1 aliphatic heterocycles. The standard InChI is InChI=1S/C16H20N4O4S2/c1-12-2-4-14(5-3-12)26(22,23)19-18-15(21)10-13-11-25-16(17-13)20-6-8-24-9-7-20/h2-5,11,19H,6-10H2,1H3,(H,18,21). The second kappa shape index (κ2) is 8.12. The molecule has 8 nitrogen and oxygen atoms in total. The van der Waals surface area contributed by atoms with E-state index < -0.39 is 15.9 Å². The Morgan fingerprint density at radius 2 is 1.96 bits per heavy atom.